The number of pyridine rings is 1. The number of nitrogens with zero attached hydrogens (tertiary/aromatic N) is 1. The van der Waals surface area contributed by atoms with Crippen LogP contribution in [0.25, 0.3) is 0 Å². The lowest BCUT2D eigenvalue weighted by atomic mass is 9.99. The molecule has 0 bridgehead atoms. The Balaban J connectivity index is 2.16. The summed E-state index contributed by atoms with van der Waals surface area (Å²) in [6.07, 6.45) is 8.52. The van der Waals surface area contributed by atoms with E-state index in [1.807, 2.05) is 12.4 Å². The lowest BCUT2D eigenvalue weighted by Crippen LogP contribution is -2.24. The fourth-order valence-corrected chi connectivity index (χ4v) is 2.31. The van der Waals surface area contributed by atoms with Gasteiger partial charge in [0, 0.05) is 30.4 Å². The van der Waals surface area contributed by atoms with Gasteiger partial charge in [-0.3, -0.25) is 4.98 Å². The van der Waals surface area contributed by atoms with Crippen LogP contribution in [0.2, 0.25) is 0 Å². The van der Waals surface area contributed by atoms with Crippen molar-refractivity contribution in [1.82, 2.24) is 10.3 Å². The van der Waals surface area contributed by atoms with Gasteiger partial charge in [0.25, 0.3) is 0 Å². The van der Waals surface area contributed by atoms with Crippen molar-refractivity contribution in [3.05, 3.63) is 53.7 Å². The molecular formula is C16H22N2O. The van der Waals surface area contributed by atoms with Gasteiger partial charge in [-0.25, -0.2) is 0 Å². The predicted octanol–water partition coefficient (Wildman–Crippen LogP) is 3.52. The summed E-state index contributed by atoms with van der Waals surface area (Å²) in [7, 11) is 0. The predicted molar refractivity (Wildman–Crippen MR) is 77.1 cm³/mol. The highest BCUT2D eigenvalue weighted by molar-refractivity contribution is 5.24. The fourth-order valence-electron chi connectivity index (χ4n) is 2.31. The second-order valence-corrected chi connectivity index (χ2v) is 4.72. The van der Waals surface area contributed by atoms with Crippen LogP contribution in [0.4, 0.5) is 0 Å². The zero-order chi connectivity index (χ0) is 13.5. The summed E-state index contributed by atoms with van der Waals surface area (Å²) in [5.41, 5.74) is 2.58. The van der Waals surface area contributed by atoms with Gasteiger partial charge >= 0.3 is 0 Å². The largest absolute Gasteiger partial charge is 0.469 e. The van der Waals surface area contributed by atoms with Gasteiger partial charge in [0.05, 0.1) is 6.26 Å². The van der Waals surface area contributed by atoms with Crippen LogP contribution in [0.15, 0.2) is 41.3 Å². The first-order valence-corrected chi connectivity index (χ1v) is 7.03. The van der Waals surface area contributed by atoms with Gasteiger partial charge in [0.2, 0.25) is 0 Å². The molecular weight excluding hydrogens is 236 g/mol. The monoisotopic (exact) mass is 258 g/mol. The third kappa shape index (κ3) is 3.67. The maximum Gasteiger partial charge on any atom is 0.108 e. The topological polar surface area (TPSA) is 38.1 Å². The third-order valence-corrected chi connectivity index (χ3v) is 3.31. The molecule has 2 aromatic heterocycles. The van der Waals surface area contributed by atoms with Gasteiger partial charge < -0.3 is 9.73 Å². The second kappa shape index (κ2) is 7.10. The average molecular weight is 258 g/mol. The third-order valence-electron chi connectivity index (χ3n) is 3.31. The Morgan fingerprint density at radius 1 is 1.21 bits per heavy atom. The van der Waals surface area contributed by atoms with E-state index in [2.05, 4.69) is 42.3 Å². The molecule has 0 saturated carbocycles. The quantitative estimate of drug-likeness (QED) is 0.825. The van der Waals surface area contributed by atoms with Crippen molar-refractivity contribution < 1.29 is 4.42 Å². The number of hydrogen-bond acceptors (Lipinski definition) is 3. The van der Waals surface area contributed by atoms with Crippen molar-refractivity contribution in [2.75, 3.05) is 6.54 Å². The minimum atomic E-state index is 0.316. The average Bonchev–Trinajstić information content (AvgIpc) is 2.93. The summed E-state index contributed by atoms with van der Waals surface area (Å²) in [6, 6.07) is 6.56. The van der Waals surface area contributed by atoms with Gasteiger partial charge in [-0.05, 0) is 43.1 Å². The van der Waals surface area contributed by atoms with Crippen LogP contribution < -0.4 is 5.32 Å². The molecule has 0 aromatic carbocycles. The molecule has 1 atom stereocenters. The molecule has 0 aliphatic rings. The smallest absolute Gasteiger partial charge is 0.108 e. The van der Waals surface area contributed by atoms with Crippen molar-refractivity contribution in [2.45, 2.75) is 39.2 Å². The van der Waals surface area contributed by atoms with E-state index in [0.29, 0.717) is 6.04 Å². The molecule has 1 N–H and O–H groups in total. The molecule has 0 aliphatic heterocycles. The SMILES string of the molecule is CCCNC(Cc1ccncc1)c1ccoc1CC. The maximum absolute atomic E-state index is 5.56. The van der Waals surface area contributed by atoms with Gasteiger partial charge in [0.15, 0.2) is 0 Å². The molecule has 0 aliphatic carbocycles. The number of aryl methyl sites for hydroxylation is 1. The Bertz CT molecular complexity index is 479. The molecule has 2 aromatic rings. The summed E-state index contributed by atoms with van der Waals surface area (Å²) >= 11 is 0. The Hall–Kier alpha value is -1.61. The molecule has 3 nitrogen and oxygen atoms in total. The van der Waals surface area contributed by atoms with Crippen LogP contribution in [-0.4, -0.2) is 11.5 Å². The summed E-state index contributed by atoms with van der Waals surface area (Å²) < 4.78 is 5.56. The van der Waals surface area contributed by atoms with Gasteiger partial charge in [-0.15, -0.1) is 0 Å². The van der Waals surface area contributed by atoms with Gasteiger partial charge in [0.1, 0.15) is 5.76 Å². The van der Waals surface area contributed by atoms with E-state index in [9.17, 15) is 0 Å². The molecule has 0 radical (unpaired) electrons. The highest BCUT2D eigenvalue weighted by Crippen LogP contribution is 2.23. The number of rotatable bonds is 7. The van der Waals surface area contributed by atoms with E-state index in [1.165, 1.54) is 11.1 Å². The van der Waals surface area contributed by atoms with E-state index in [4.69, 9.17) is 4.42 Å². The summed E-state index contributed by atoms with van der Waals surface area (Å²) in [5.74, 6) is 1.09. The van der Waals surface area contributed by atoms with Crippen molar-refractivity contribution >= 4 is 0 Å². The highest BCUT2D eigenvalue weighted by atomic mass is 16.3. The Kier molecular flexibility index (Phi) is 5.16. The van der Waals surface area contributed by atoms with Crippen LogP contribution in [0.3, 0.4) is 0 Å². The number of hydrogen-bond donors (Lipinski definition) is 1. The van der Waals surface area contributed by atoms with E-state index >= 15 is 0 Å². The van der Waals surface area contributed by atoms with Crippen molar-refractivity contribution in [1.29, 1.82) is 0 Å². The summed E-state index contributed by atoms with van der Waals surface area (Å²) in [6.45, 7) is 5.34. The number of nitrogens with one attached hydrogen (secondary N) is 1. The van der Waals surface area contributed by atoms with E-state index in [0.717, 1.165) is 31.6 Å². The standard InChI is InChI=1S/C16H22N2O/c1-3-8-18-15(12-13-5-9-17-10-6-13)14-7-11-19-16(14)4-2/h5-7,9-11,15,18H,3-4,8,12H2,1-2H3. The van der Waals surface area contributed by atoms with Gasteiger partial charge in [-0.1, -0.05) is 13.8 Å². The Morgan fingerprint density at radius 2 is 2.00 bits per heavy atom. The van der Waals surface area contributed by atoms with Crippen LogP contribution in [-0.2, 0) is 12.8 Å². The van der Waals surface area contributed by atoms with Crippen molar-refractivity contribution in [3.63, 3.8) is 0 Å². The fraction of sp³-hybridized carbons (Fsp3) is 0.438. The normalized spacial score (nSPS) is 12.5. The Labute approximate surface area is 115 Å². The first-order valence-electron chi connectivity index (χ1n) is 7.03. The van der Waals surface area contributed by atoms with Crippen molar-refractivity contribution in [3.8, 4) is 0 Å². The zero-order valence-corrected chi connectivity index (χ0v) is 11.7. The zero-order valence-electron chi connectivity index (χ0n) is 11.7. The second-order valence-electron chi connectivity index (χ2n) is 4.72. The minimum absolute atomic E-state index is 0.316. The minimum Gasteiger partial charge on any atom is -0.469 e. The molecule has 1 unspecified atom stereocenters. The van der Waals surface area contributed by atoms with Crippen LogP contribution in [0, 0.1) is 0 Å². The Morgan fingerprint density at radius 3 is 2.68 bits per heavy atom. The van der Waals surface area contributed by atoms with E-state index < -0.39 is 0 Å². The van der Waals surface area contributed by atoms with Crippen LogP contribution in [0.1, 0.15) is 43.2 Å². The molecule has 0 fully saturated rings. The molecule has 2 heterocycles. The summed E-state index contributed by atoms with van der Waals surface area (Å²) in [4.78, 5) is 4.07. The molecule has 102 valence electrons. The van der Waals surface area contributed by atoms with Crippen LogP contribution >= 0.6 is 0 Å². The summed E-state index contributed by atoms with van der Waals surface area (Å²) in [5, 5.41) is 3.61. The lowest BCUT2D eigenvalue weighted by molar-refractivity contribution is 0.481. The number of furan rings is 1. The number of aromatic nitrogens is 1. The maximum atomic E-state index is 5.56. The first-order chi connectivity index (χ1) is 9.35. The molecule has 3 heteroatoms. The van der Waals surface area contributed by atoms with Crippen LogP contribution in [0.5, 0.6) is 0 Å². The molecule has 0 spiro atoms. The molecule has 0 amide bonds. The lowest BCUT2D eigenvalue weighted by Gasteiger charge is -2.18. The molecule has 19 heavy (non-hydrogen) atoms. The van der Waals surface area contributed by atoms with E-state index in [1.54, 1.807) is 6.26 Å². The van der Waals surface area contributed by atoms with Crippen molar-refractivity contribution in [2.24, 2.45) is 0 Å². The van der Waals surface area contributed by atoms with Gasteiger partial charge in [-0.2, -0.15) is 0 Å². The van der Waals surface area contributed by atoms with E-state index in [-0.39, 0.29) is 0 Å². The highest BCUT2D eigenvalue weighted by Gasteiger charge is 2.16. The first kappa shape index (κ1) is 13.8. The molecule has 0 saturated heterocycles. The molecule has 2 rings (SSSR count).